The van der Waals surface area contributed by atoms with Crippen molar-refractivity contribution in [2.45, 2.75) is 44.6 Å². The Morgan fingerprint density at radius 3 is 2.11 bits per heavy atom. The van der Waals surface area contributed by atoms with Crippen LogP contribution >= 0.6 is 0 Å². The Bertz CT molecular complexity index is 416. The van der Waals surface area contributed by atoms with Crippen LogP contribution < -0.4 is 5.32 Å². The maximum Gasteiger partial charge on any atom is 0.306 e. The third-order valence-electron chi connectivity index (χ3n) is 2.79. The molecule has 0 aliphatic rings. The van der Waals surface area contributed by atoms with Gasteiger partial charge in [0.2, 0.25) is 5.91 Å². The first kappa shape index (κ1) is 17.9. The molecule has 1 N–H and O–H groups in total. The summed E-state index contributed by atoms with van der Waals surface area (Å²) in [6, 6.07) is 0. The lowest BCUT2D eigenvalue weighted by Gasteiger charge is -2.18. The van der Waals surface area contributed by atoms with Gasteiger partial charge >= 0.3 is 5.97 Å². The van der Waals surface area contributed by atoms with Gasteiger partial charge in [0.15, 0.2) is 9.84 Å². The van der Waals surface area contributed by atoms with Crippen LogP contribution in [0.15, 0.2) is 0 Å². The summed E-state index contributed by atoms with van der Waals surface area (Å²) in [6.07, 6.45) is -0.249. The molecule has 7 heteroatoms. The molecule has 0 aliphatic carbocycles. The van der Waals surface area contributed by atoms with Gasteiger partial charge in [-0.1, -0.05) is 13.8 Å². The summed E-state index contributed by atoms with van der Waals surface area (Å²) in [5, 5.41) is 0.456. The maximum atomic E-state index is 12.1. The van der Waals surface area contributed by atoms with E-state index < -0.39 is 32.2 Å². The SMILES string of the molecule is COC(=O)CC(C)S(=O)(=O)C(C)C(=O)NCC(C)C. The lowest BCUT2D eigenvalue weighted by Crippen LogP contribution is -2.43. The van der Waals surface area contributed by atoms with E-state index in [0.29, 0.717) is 6.54 Å². The van der Waals surface area contributed by atoms with Gasteiger partial charge in [-0.3, -0.25) is 9.59 Å². The quantitative estimate of drug-likeness (QED) is 0.691. The van der Waals surface area contributed by atoms with E-state index in [1.54, 1.807) is 0 Å². The number of rotatable bonds is 7. The van der Waals surface area contributed by atoms with Crippen molar-refractivity contribution in [2.24, 2.45) is 5.92 Å². The van der Waals surface area contributed by atoms with Gasteiger partial charge in [-0.25, -0.2) is 8.42 Å². The molecule has 0 saturated heterocycles. The first-order valence-electron chi connectivity index (χ1n) is 6.20. The Morgan fingerprint density at radius 2 is 1.68 bits per heavy atom. The number of nitrogens with one attached hydrogen (secondary N) is 1. The summed E-state index contributed by atoms with van der Waals surface area (Å²) >= 11 is 0. The van der Waals surface area contributed by atoms with Crippen molar-refractivity contribution in [3.8, 4) is 0 Å². The molecule has 1 amide bonds. The predicted molar refractivity (Wildman–Crippen MR) is 72.3 cm³/mol. The fourth-order valence-electron chi connectivity index (χ4n) is 1.38. The Balaban J connectivity index is 4.71. The summed E-state index contributed by atoms with van der Waals surface area (Å²) in [7, 11) is -2.51. The summed E-state index contributed by atoms with van der Waals surface area (Å²) in [5.41, 5.74) is 0. The number of methoxy groups -OCH3 is 1. The van der Waals surface area contributed by atoms with E-state index in [1.807, 2.05) is 13.8 Å². The zero-order valence-corrected chi connectivity index (χ0v) is 12.9. The van der Waals surface area contributed by atoms with Crippen molar-refractivity contribution >= 4 is 21.7 Å². The van der Waals surface area contributed by atoms with Crippen LogP contribution in [0.2, 0.25) is 0 Å². The molecular weight excluding hydrogens is 270 g/mol. The van der Waals surface area contributed by atoms with Crippen LogP contribution in [0, 0.1) is 5.92 Å². The number of sulfone groups is 1. The van der Waals surface area contributed by atoms with Crippen LogP contribution in [0.1, 0.15) is 34.1 Å². The van der Waals surface area contributed by atoms with Gasteiger partial charge in [0.1, 0.15) is 5.25 Å². The molecule has 0 fully saturated rings. The van der Waals surface area contributed by atoms with Crippen molar-refractivity contribution in [3.63, 3.8) is 0 Å². The van der Waals surface area contributed by atoms with Crippen molar-refractivity contribution < 1.29 is 22.7 Å². The van der Waals surface area contributed by atoms with Gasteiger partial charge in [0, 0.05) is 6.54 Å². The number of carbonyl (C=O) groups is 2. The van der Waals surface area contributed by atoms with E-state index in [4.69, 9.17) is 0 Å². The number of ether oxygens (including phenoxy) is 1. The molecular formula is C12H23NO5S. The lowest BCUT2D eigenvalue weighted by atomic mass is 10.2. The van der Waals surface area contributed by atoms with E-state index in [-0.39, 0.29) is 12.3 Å². The van der Waals surface area contributed by atoms with Crippen LogP contribution in [0.25, 0.3) is 0 Å². The van der Waals surface area contributed by atoms with E-state index in [0.717, 1.165) is 0 Å². The molecule has 2 atom stereocenters. The van der Waals surface area contributed by atoms with Crippen molar-refractivity contribution in [2.75, 3.05) is 13.7 Å². The predicted octanol–water partition coefficient (Wildman–Crippen LogP) is 0.514. The Hall–Kier alpha value is -1.11. The van der Waals surface area contributed by atoms with E-state index >= 15 is 0 Å². The third kappa shape index (κ3) is 5.59. The highest BCUT2D eigenvalue weighted by atomic mass is 32.2. The third-order valence-corrected chi connectivity index (χ3v) is 5.28. The highest BCUT2D eigenvalue weighted by Crippen LogP contribution is 2.13. The molecule has 0 aromatic heterocycles. The van der Waals surface area contributed by atoms with Crippen molar-refractivity contribution in [1.82, 2.24) is 5.32 Å². The monoisotopic (exact) mass is 293 g/mol. The van der Waals surface area contributed by atoms with Gasteiger partial charge in [-0.15, -0.1) is 0 Å². The second-order valence-corrected chi connectivity index (χ2v) is 7.65. The zero-order chi connectivity index (χ0) is 15.2. The molecule has 0 aromatic rings. The lowest BCUT2D eigenvalue weighted by molar-refractivity contribution is -0.140. The second kappa shape index (κ2) is 7.47. The van der Waals surface area contributed by atoms with Crippen LogP contribution in [0.4, 0.5) is 0 Å². The standard InChI is InChI=1S/C12H23NO5S/c1-8(2)7-13-12(15)10(4)19(16,17)9(3)6-11(14)18-5/h8-10H,6-7H2,1-5H3,(H,13,15). The number of hydrogen-bond acceptors (Lipinski definition) is 5. The van der Waals surface area contributed by atoms with Gasteiger partial charge in [-0.2, -0.15) is 0 Å². The average Bonchev–Trinajstić information content (AvgIpc) is 2.34. The number of hydrogen-bond donors (Lipinski definition) is 1. The zero-order valence-electron chi connectivity index (χ0n) is 12.1. The number of amides is 1. The smallest absolute Gasteiger partial charge is 0.306 e. The molecule has 0 saturated carbocycles. The second-order valence-electron chi connectivity index (χ2n) is 4.96. The molecule has 2 unspecified atom stereocenters. The van der Waals surface area contributed by atoms with E-state index in [2.05, 4.69) is 10.1 Å². The van der Waals surface area contributed by atoms with Gasteiger partial charge < -0.3 is 10.1 Å². The molecule has 6 nitrogen and oxygen atoms in total. The van der Waals surface area contributed by atoms with Gasteiger partial charge in [-0.05, 0) is 19.8 Å². The average molecular weight is 293 g/mol. The molecule has 0 radical (unpaired) electrons. The number of esters is 1. The normalized spacial score (nSPS) is 14.8. The Labute approximate surface area is 114 Å². The van der Waals surface area contributed by atoms with Crippen LogP contribution in [-0.4, -0.2) is 44.4 Å². The minimum Gasteiger partial charge on any atom is -0.469 e. The fraction of sp³-hybridized carbons (Fsp3) is 0.833. The first-order valence-corrected chi connectivity index (χ1v) is 7.81. The molecule has 0 rings (SSSR count). The topological polar surface area (TPSA) is 89.5 Å². The van der Waals surface area contributed by atoms with Crippen LogP contribution in [-0.2, 0) is 24.2 Å². The van der Waals surface area contributed by atoms with Crippen molar-refractivity contribution in [3.05, 3.63) is 0 Å². The largest absolute Gasteiger partial charge is 0.469 e. The minimum atomic E-state index is -3.70. The van der Waals surface area contributed by atoms with Crippen molar-refractivity contribution in [1.29, 1.82) is 0 Å². The maximum absolute atomic E-state index is 12.1. The minimum absolute atomic E-state index is 0.242. The van der Waals surface area contributed by atoms with Crippen LogP contribution in [0.5, 0.6) is 0 Å². The summed E-state index contributed by atoms with van der Waals surface area (Å²) in [5.74, 6) is -0.900. The Morgan fingerprint density at radius 1 is 1.16 bits per heavy atom. The van der Waals surface area contributed by atoms with Crippen LogP contribution in [0.3, 0.4) is 0 Å². The van der Waals surface area contributed by atoms with Gasteiger partial charge in [0.05, 0.1) is 18.8 Å². The molecule has 19 heavy (non-hydrogen) atoms. The van der Waals surface area contributed by atoms with Gasteiger partial charge in [0.25, 0.3) is 0 Å². The molecule has 112 valence electrons. The Kier molecular flexibility index (Phi) is 7.04. The molecule has 0 aromatic carbocycles. The van der Waals surface area contributed by atoms with E-state index in [9.17, 15) is 18.0 Å². The summed E-state index contributed by atoms with van der Waals surface area (Å²) in [6.45, 7) is 6.99. The molecule has 0 spiro atoms. The number of carbonyl (C=O) groups excluding carboxylic acids is 2. The highest BCUT2D eigenvalue weighted by molar-refractivity contribution is 7.93. The fourth-order valence-corrected chi connectivity index (χ4v) is 2.83. The molecule has 0 bridgehead atoms. The summed E-state index contributed by atoms with van der Waals surface area (Å²) in [4.78, 5) is 22.8. The molecule has 0 aliphatic heterocycles. The highest BCUT2D eigenvalue weighted by Gasteiger charge is 2.34. The van der Waals surface area contributed by atoms with E-state index in [1.165, 1.54) is 21.0 Å². The summed E-state index contributed by atoms with van der Waals surface area (Å²) < 4.78 is 28.6. The first-order chi connectivity index (χ1) is 8.62. The molecule has 0 heterocycles.